The van der Waals surface area contributed by atoms with Gasteiger partial charge >= 0.3 is 5.97 Å². The van der Waals surface area contributed by atoms with Crippen molar-refractivity contribution in [1.29, 1.82) is 0 Å². The number of hydrogen-bond acceptors (Lipinski definition) is 4. The zero-order valence-corrected chi connectivity index (χ0v) is 12.1. The van der Waals surface area contributed by atoms with E-state index in [2.05, 4.69) is 29.2 Å². The lowest BCUT2D eigenvalue weighted by Crippen LogP contribution is -2.45. The molecule has 2 aliphatic rings. The Kier molecular flexibility index (Phi) is 4.29. The van der Waals surface area contributed by atoms with E-state index in [0.717, 1.165) is 25.3 Å². The molecule has 20 heavy (non-hydrogen) atoms. The average molecular weight is 293 g/mol. The van der Waals surface area contributed by atoms with Gasteiger partial charge in [-0.3, -0.25) is 9.69 Å². The van der Waals surface area contributed by atoms with Gasteiger partial charge in [-0.1, -0.05) is 18.2 Å². The number of carboxylic acids is 1. The molecule has 1 saturated heterocycles. The van der Waals surface area contributed by atoms with Gasteiger partial charge in [-0.15, -0.1) is 11.8 Å². The average Bonchev–Trinajstić information content (AvgIpc) is 2.46. The van der Waals surface area contributed by atoms with Crippen LogP contribution in [0.25, 0.3) is 0 Å². The number of hydrogen-bond donors (Lipinski definition) is 1. The number of morpholine rings is 1. The van der Waals surface area contributed by atoms with Crippen molar-refractivity contribution in [2.24, 2.45) is 0 Å². The molecule has 2 heterocycles. The maximum atomic E-state index is 10.8. The Morgan fingerprint density at radius 1 is 1.45 bits per heavy atom. The Hall–Kier alpha value is -1.04. The molecule has 0 aromatic heterocycles. The summed E-state index contributed by atoms with van der Waals surface area (Å²) in [5.41, 5.74) is 1.39. The second-order valence-electron chi connectivity index (χ2n) is 5.28. The van der Waals surface area contributed by atoms with Gasteiger partial charge in [0.05, 0.1) is 19.1 Å². The van der Waals surface area contributed by atoms with Gasteiger partial charge < -0.3 is 9.84 Å². The van der Waals surface area contributed by atoms with Gasteiger partial charge in [0.15, 0.2) is 0 Å². The van der Waals surface area contributed by atoms with E-state index < -0.39 is 5.97 Å². The van der Waals surface area contributed by atoms with E-state index in [4.69, 9.17) is 9.84 Å². The van der Waals surface area contributed by atoms with E-state index >= 15 is 0 Å². The molecule has 0 radical (unpaired) electrons. The number of rotatable bonds is 3. The smallest absolute Gasteiger partial charge is 0.306 e. The monoisotopic (exact) mass is 293 g/mol. The molecule has 0 saturated carbocycles. The summed E-state index contributed by atoms with van der Waals surface area (Å²) in [6.45, 7) is 2.24. The summed E-state index contributed by atoms with van der Waals surface area (Å²) in [4.78, 5) is 14.6. The fourth-order valence-corrected chi connectivity index (χ4v) is 4.15. The van der Waals surface area contributed by atoms with Gasteiger partial charge in [0.1, 0.15) is 0 Å². The molecule has 0 bridgehead atoms. The highest BCUT2D eigenvalue weighted by atomic mass is 32.2. The lowest BCUT2D eigenvalue weighted by molar-refractivity contribution is -0.142. The Morgan fingerprint density at radius 2 is 2.30 bits per heavy atom. The van der Waals surface area contributed by atoms with Gasteiger partial charge in [0.25, 0.3) is 0 Å². The van der Waals surface area contributed by atoms with Crippen LogP contribution in [0, 0.1) is 0 Å². The molecule has 0 amide bonds. The van der Waals surface area contributed by atoms with Crippen LogP contribution in [0.2, 0.25) is 0 Å². The Labute approximate surface area is 123 Å². The minimum Gasteiger partial charge on any atom is -0.481 e. The summed E-state index contributed by atoms with van der Waals surface area (Å²) in [5, 5.41) is 8.92. The van der Waals surface area contributed by atoms with E-state index in [1.54, 1.807) is 0 Å². The van der Waals surface area contributed by atoms with E-state index in [0.29, 0.717) is 12.6 Å². The summed E-state index contributed by atoms with van der Waals surface area (Å²) in [6, 6.07) is 8.97. The fraction of sp³-hybridized carbons (Fsp3) is 0.533. The Morgan fingerprint density at radius 3 is 3.15 bits per heavy atom. The van der Waals surface area contributed by atoms with Crippen LogP contribution in [0.4, 0.5) is 0 Å². The normalized spacial score (nSPS) is 27.0. The summed E-state index contributed by atoms with van der Waals surface area (Å²) < 4.78 is 5.57. The molecule has 1 fully saturated rings. The molecule has 0 aliphatic carbocycles. The van der Waals surface area contributed by atoms with Gasteiger partial charge in [-0.2, -0.15) is 0 Å². The van der Waals surface area contributed by atoms with Crippen LogP contribution in [-0.4, -0.2) is 47.5 Å². The molecule has 2 atom stereocenters. The van der Waals surface area contributed by atoms with Crippen LogP contribution in [0.3, 0.4) is 0 Å². The van der Waals surface area contributed by atoms with Crippen molar-refractivity contribution in [3.63, 3.8) is 0 Å². The molecule has 5 heteroatoms. The fourth-order valence-electron chi connectivity index (χ4n) is 3.05. The van der Waals surface area contributed by atoms with Crippen LogP contribution >= 0.6 is 11.8 Å². The lowest BCUT2D eigenvalue weighted by Gasteiger charge is -2.40. The van der Waals surface area contributed by atoms with Crippen molar-refractivity contribution in [3.05, 3.63) is 29.8 Å². The minimum absolute atomic E-state index is 0.0968. The molecule has 3 rings (SSSR count). The highest BCUT2D eigenvalue weighted by Gasteiger charge is 2.31. The largest absolute Gasteiger partial charge is 0.481 e. The first-order valence-corrected chi connectivity index (χ1v) is 8.02. The molecular weight excluding hydrogens is 274 g/mol. The van der Waals surface area contributed by atoms with Crippen molar-refractivity contribution in [2.45, 2.75) is 29.9 Å². The highest BCUT2D eigenvalue weighted by molar-refractivity contribution is 7.99. The Bertz CT molecular complexity index is 494. The van der Waals surface area contributed by atoms with Gasteiger partial charge in [-0.05, 0) is 23.8 Å². The van der Waals surface area contributed by atoms with Gasteiger partial charge in [0.2, 0.25) is 0 Å². The second kappa shape index (κ2) is 6.16. The third-order valence-corrected chi connectivity index (χ3v) is 5.06. The van der Waals surface area contributed by atoms with E-state index in [1.165, 1.54) is 10.5 Å². The second-order valence-corrected chi connectivity index (χ2v) is 6.41. The molecule has 108 valence electrons. The van der Waals surface area contributed by atoms with Crippen LogP contribution < -0.4 is 0 Å². The molecule has 4 nitrogen and oxygen atoms in total. The first-order chi connectivity index (χ1) is 9.74. The van der Waals surface area contributed by atoms with Gasteiger partial charge in [-0.25, -0.2) is 0 Å². The minimum atomic E-state index is -0.781. The molecule has 1 N–H and O–H groups in total. The SMILES string of the molecule is O=C(O)CC1CN(C2CCSc3ccccc32)CCO1. The summed E-state index contributed by atoms with van der Waals surface area (Å²) >= 11 is 1.92. The van der Waals surface area contributed by atoms with Crippen molar-refractivity contribution < 1.29 is 14.6 Å². The van der Waals surface area contributed by atoms with Crippen molar-refractivity contribution in [3.8, 4) is 0 Å². The predicted molar refractivity (Wildman–Crippen MR) is 78.1 cm³/mol. The van der Waals surface area contributed by atoms with E-state index in [-0.39, 0.29) is 12.5 Å². The first-order valence-electron chi connectivity index (χ1n) is 7.03. The maximum Gasteiger partial charge on any atom is 0.306 e. The molecule has 0 spiro atoms. The van der Waals surface area contributed by atoms with Crippen LogP contribution in [-0.2, 0) is 9.53 Å². The van der Waals surface area contributed by atoms with E-state index in [1.807, 2.05) is 11.8 Å². The standard InChI is InChI=1S/C15H19NO3S/c17-15(18)9-11-10-16(6-7-19-11)13-5-8-20-14-4-2-1-3-12(13)14/h1-4,11,13H,5-10H2,(H,17,18). The zero-order valence-electron chi connectivity index (χ0n) is 11.3. The summed E-state index contributed by atoms with van der Waals surface area (Å²) in [5.74, 6) is 0.347. The molecular formula is C15H19NO3S. The number of carboxylic acid groups (broad SMARTS) is 1. The maximum absolute atomic E-state index is 10.8. The highest BCUT2D eigenvalue weighted by Crippen LogP contribution is 2.39. The third-order valence-electron chi connectivity index (χ3n) is 3.94. The first kappa shape index (κ1) is 13.9. The van der Waals surface area contributed by atoms with E-state index in [9.17, 15) is 4.79 Å². The Balaban J connectivity index is 1.74. The summed E-state index contributed by atoms with van der Waals surface area (Å²) in [6.07, 6.45) is 1.05. The lowest BCUT2D eigenvalue weighted by atomic mass is 10.0. The number of benzene rings is 1. The predicted octanol–water partition coefficient (Wildman–Crippen LogP) is 2.40. The summed E-state index contributed by atoms with van der Waals surface area (Å²) in [7, 11) is 0. The third kappa shape index (κ3) is 3.00. The van der Waals surface area contributed by atoms with Crippen molar-refractivity contribution >= 4 is 17.7 Å². The number of nitrogens with zero attached hydrogens (tertiary/aromatic N) is 1. The van der Waals surface area contributed by atoms with Gasteiger partial charge in [0, 0.05) is 24.0 Å². The zero-order chi connectivity index (χ0) is 13.9. The molecule has 2 aliphatic heterocycles. The van der Waals surface area contributed by atoms with Crippen LogP contribution in [0.1, 0.15) is 24.4 Å². The van der Waals surface area contributed by atoms with Crippen molar-refractivity contribution in [2.75, 3.05) is 25.4 Å². The van der Waals surface area contributed by atoms with Crippen LogP contribution in [0.15, 0.2) is 29.2 Å². The number of thioether (sulfide) groups is 1. The number of ether oxygens (including phenoxy) is 1. The molecule has 1 aromatic rings. The van der Waals surface area contributed by atoms with Crippen molar-refractivity contribution in [1.82, 2.24) is 4.90 Å². The number of aliphatic carboxylic acids is 1. The topological polar surface area (TPSA) is 49.8 Å². The molecule has 2 unspecified atom stereocenters. The number of carbonyl (C=O) groups is 1. The quantitative estimate of drug-likeness (QED) is 0.927. The van der Waals surface area contributed by atoms with Crippen LogP contribution in [0.5, 0.6) is 0 Å². The molecule has 1 aromatic carbocycles. The number of fused-ring (bicyclic) bond motifs is 1.